The smallest absolute Gasteiger partial charge is 0.125 e. The van der Waals surface area contributed by atoms with Crippen molar-refractivity contribution in [3.63, 3.8) is 0 Å². The Kier molecular flexibility index (Phi) is 7.49. The number of fused-ring (bicyclic) bond motifs is 1. The number of hydrogen-bond acceptors (Lipinski definition) is 3. The molecule has 0 bridgehead atoms. The molecule has 3 heterocycles. The maximum atomic E-state index is 14.3. The van der Waals surface area contributed by atoms with Gasteiger partial charge in [-0.15, -0.1) is 11.8 Å². The van der Waals surface area contributed by atoms with Gasteiger partial charge in [-0.2, -0.15) is 0 Å². The Morgan fingerprint density at radius 3 is 2.37 bits per heavy atom. The van der Waals surface area contributed by atoms with Gasteiger partial charge in [-0.1, -0.05) is 6.92 Å². The monoisotopic (exact) mass is 491 g/mol. The van der Waals surface area contributed by atoms with Gasteiger partial charge < -0.3 is 9.47 Å². The van der Waals surface area contributed by atoms with Gasteiger partial charge in [0.15, 0.2) is 0 Å². The second-order valence-corrected chi connectivity index (χ2v) is 10.4. The molecule has 0 unspecified atom stereocenters. The molecule has 0 aliphatic carbocycles. The van der Waals surface area contributed by atoms with Gasteiger partial charge in [0.2, 0.25) is 0 Å². The van der Waals surface area contributed by atoms with E-state index in [1.54, 1.807) is 36.3 Å². The van der Waals surface area contributed by atoms with Crippen molar-refractivity contribution in [3.8, 4) is 5.69 Å². The Balaban J connectivity index is 1.28. The fourth-order valence-electron chi connectivity index (χ4n) is 5.39. The van der Waals surface area contributed by atoms with Crippen LogP contribution in [0.1, 0.15) is 43.4 Å². The van der Waals surface area contributed by atoms with E-state index >= 15 is 0 Å². The Labute approximate surface area is 210 Å². The molecule has 2 aromatic heterocycles. The number of hydrogen-bond donors (Lipinski definition) is 0. The van der Waals surface area contributed by atoms with Crippen LogP contribution in [0.15, 0.2) is 71.9 Å². The van der Waals surface area contributed by atoms with Crippen molar-refractivity contribution in [1.82, 2.24) is 14.5 Å². The van der Waals surface area contributed by atoms with Crippen molar-refractivity contribution in [2.75, 3.05) is 25.4 Å². The van der Waals surface area contributed by atoms with Gasteiger partial charge in [0.05, 0.1) is 5.52 Å². The van der Waals surface area contributed by atoms with Gasteiger partial charge in [-0.05, 0) is 117 Å². The average Bonchev–Trinajstić information content (AvgIpc) is 3.22. The molecule has 0 atom stereocenters. The van der Waals surface area contributed by atoms with Crippen molar-refractivity contribution in [2.45, 2.75) is 43.4 Å². The average molecular weight is 492 g/mol. The highest BCUT2D eigenvalue weighted by Gasteiger charge is 2.27. The topological polar surface area (TPSA) is 21.1 Å². The van der Waals surface area contributed by atoms with E-state index in [1.807, 2.05) is 30.3 Å². The minimum Gasteiger partial charge on any atom is -0.313 e. The number of rotatable bonds is 8. The lowest BCUT2D eigenvalue weighted by molar-refractivity contribution is 0.213. The third-order valence-electron chi connectivity index (χ3n) is 7.02. The Bertz CT molecular complexity index is 1260. The molecule has 4 aromatic rings. The van der Waals surface area contributed by atoms with Crippen molar-refractivity contribution in [3.05, 3.63) is 89.9 Å². The molecule has 1 saturated heterocycles. The summed E-state index contributed by atoms with van der Waals surface area (Å²) in [7, 11) is 0. The molecular formula is C29H31F2N3S. The molecule has 0 amide bonds. The van der Waals surface area contributed by atoms with Crippen LogP contribution in [0, 0.1) is 11.6 Å². The second kappa shape index (κ2) is 10.9. The number of likely N-dealkylation sites (tertiary alicyclic amines) is 1. The van der Waals surface area contributed by atoms with Gasteiger partial charge in [0.25, 0.3) is 0 Å². The lowest BCUT2D eigenvalue weighted by Crippen LogP contribution is -2.34. The molecule has 6 heteroatoms. The molecule has 1 fully saturated rings. The largest absolute Gasteiger partial charge is 0.313 e. The number of halogens is 2. The van der Waals surface area contributed by atoms with Gasteiger partial charge in [-0.3, -0.25) is 4.98 Å². The maximum Gasteiger partial charge on any atom is 0.125 e. The first-order valence-electron chi connectivity index (χ1n) is 12.5. The summed E-state index contributed by atoms with van der Waals surface area (Å²) in [6.45, 7) is 5.45. The zero-order valence-corrected chi connectivity index (χ0v) is 20.9. The quantitative estimate of drug-likeness (QED) is 0.192. The molecule has 0 saturated carbocycles. The molecule has 2 aromatic carbocycles. The highest BCUT2D eigenvalue weighted by molar-refractivity contribution is 7.99. The summed E-state index contributed by atoms with van der Waals surface area (Å²) in [4.78, 5) is 7.86. The van der Waals surface area contributed by atoms with Crippen LogP contribution in [0.3, 0.4) is 0 Å². The molecule has 0 N–H and O–H groups in total. The first kappa shape index (κ1) is 24.0. The number of thioether (sulfide) groups is 1. The van der Waals surface area contributed by atoms with Crippen molar-refractivity contribution < 1.29 is 8.78 Å². The molecule has 0 spiro atoms. The van der Waals surface area contributed by atoms with Gasteiger partial charge in [-0.25, -0.2) is 8.78 Å². The van der Waals surface area contributed by atoms with Crippen LogP contribution < -0.4 is 0 Å². The number of benzene rings is 2. The Hall–Kier alpha value is -2.70. The van der Waals surface area contributed by atoms with Crippen molar-refractivity contribution >= 4 is 22.7 Å². The van der Waals surface area contributed by atoms with Crippen LogP contribution in [0.2, 0.25) is 0 Å². The Morgan fingerprint density at radius 2 is 1.66 bits per heavy atom. The molecule has 1 aliphatic rings. The Morgan fingerprint density at radius 1 is 0.943 bits per heavy atom. The van der Waals surface area contributed by atoms with Crippen molar-refractivity contribution in [2.24, 2.45) is 0 Å². The number of piperidine rings is 1. The summed E-state index contributed by atoms with van der Waals surface area (Å²) in [5, 5.41) is 1.18. The summed E-state index contributed by atoms with van der Waals surface area (Å²) in [6, 6.07) is 16.0. The van der Waals surface area contributed by atoms with Crippen LogP contribution in [-0.2, 0) is 6.42 Å². The van der Waals surface area contributed by atoms with E-state index in [0.717, 1.165) is 67.2 Å². The second-order valence-electron chi connectivity index (χ2n) is 9.19. The molecule has 182 valence electrons. The zero-order chi connectivity index (χ0) is 24.2. The number of aromatic nitrogens is 2. The fourth-order valence-corrected chi connectivity index (χ4v) is 6.22. The van der Waals surface area contributed by atoms with E-state index in [1.165, 1.54) is 28.8 Å². The number of pyridine rings is 1. The first-order valence-corrected chi connectivity index (χ1v) is 13.5. The molecule has 35 heavy (non-hydrogen) atoms. The predicted octanol–water partition coefficient (Wildman–Crippen LogP) is 7.23. The summed E-state index contributed by atoms with van der Waals surface area (Å²) in [5.41, 5.74) is 4.66. The highest BCUT2D eigenvalue weighted by atomic mass is 32.2. The maximum absolute atomic E-state index is 14.3. The summed E-state index contributed by atoms with van der Waals surface area (Å²) in [6.07, 6.45) is 7.84. The van der Waals surface area contributed by atoms with Gasteiger partial charge in [0, 0.05) is 34.1 Å². The number of nitrogens with zero attached hydrogens (tertiary/aromatic N) is 3. The third-order valence-corrected chi connectivity index (χ3v) is 8.12. The van der Waals surface area contributed by atoms with E-state index in [4.69, 9.17) is 0 Å². The van der Waals surface area contributed by atoms with Crippen LogP contribution in [0.4, 0.5) is 8.78 Å². The van der Waals surface area contributed by atoms with E-state index in [9.17, 15) is 8.78 Å². The normalized spacial score (nSPS) is 15.2. The van der Waals surface area contributed by atoms with Gasteiger partial charge >= 0.3 is 0 Å². The molecule has 1 aliphatic heterocycles. The van der Waals surface area contributed by atoms with E-state index in [0.29, 0.717) is 5.92 Å². The molecule has 5 rings (SSSR count). The standard InChI is InChI=1S/C29H31F2N3S/c1-2-27-29(26-9-6-23(31)20-28(26)34(27)24-10-14-32-15-11-24)21-12-17-33(18-13-21)16-3-19-35-25-7-4-22(30)5-8-25/h4-11,14-15,20-21H,2-3,12-13,16-19H2,1H3. The lowest BCUT2D eigenvalue weighted by Gasteiger charge is -2.32. The van der Waals surface area contributed by atoms with Gasteiger partial charge in [0.1, 0.15) is 11.6 Å². The highest BCUT2D eigenvalue weighted by Crippen LogP contribution is 2.39. The fraction of sp³-hybridized carbons (Fsp3) is 0.345. The van der Waals surface area contributed by atoms with Crippen LogP contribution in [-0.4, -0.2) is 39.8 Å². The van der Waals surface area contributed by atoms with Crippen molar-refractivity contribution in [1.29, 1.82) is 0 Å². The summed E-state index contributed by atoms with van der Waals surface area (Å²) in [5.74, 6) is 1.13. The molecule has 0 radical (unpaired) electrons. The van der Waals surface area contributed by atoms with E-state index < -0.39 is 0 Å². The van der Waals surface area contributed by atoms with E-state index in [2.05, 4.69) is 21.4 Å². The van der Waals surface area contributed by atoms with Crippen LogP contribution >= 0.6 is 11.8 Å². The summed E-state index contributed by atoms with van der Waals surface area (Å²) >= 11 is 1.79. The SMILES string of the molecule is CCc1c(C2CCN(CCCSc3ccc(F)cc3)CC2)c2ccc(F)cc2n1-c1ccncc1. The minimum atomic E-state index is -0.201. The first-order chi connectivity index (χ1) is 17.1. The summed E-state index contributed by atoms with van der Waals surface area (Å²) < 4.78 is 29.6. The molecular weight excluding hydrogens is 460 g/mol. The van der Waals surface area contributed by atoms with E-state index in [-0.39, 0.29) is 11.6 Å². The predicted molar refractivity (Wildman–Crippen MR) is 141 cm³/mol. The third kappa shape index (κ3) is 5.29. The minimum absolute atomic E-state index is 0.183. The van der Waals surface area contributed by atoms with Crippen LogP contribution in [0.25, 0.3) is 16.6 Å². The molecule has 3 nitrogen and oxygen atoms in total. The zero-order valence-electron chi connectivity index (χ0n) is 20.1. The van der Waals surface area contributed by atoms with Crippen LogP contribution in [0.5, 0.6) is 0 Å². The lowest BCUT2D eigenvalue weighted by atomic mass is 9.87.